The summed E-state index contributed by atoms with van der Waals surface area (Å²) < 4.78 is 4.96. The van der Waals surface area contributed by atoms with Gasteiger partial charge in [-0.25, -0.2) is 4.79 Å². The maximum absolute atomic E-state index is 11.6. The number of rotatable bonds is 4. The van der Waals surface area contributed by atoms with Crippen molar-refractivity contribution in [3.63, 3.8) is 0 Å². The van der Waals surface area contributed by atoms with Gasteiger partial charge in [-0.15, -0.1) is 0 Å². The third-order valence-electron chi connectivity index (χ3n) is 2.31. The topological polar surface area (TPSA) is 75.6 Å². The molecule has 1 rings (SSSR count). The van der Waals surface area contributed by atoms with E-state index in [1.165, 1.54) is 19.2 Å². The predicted octanol–water partition coefficient (Wildman–Crippen LogP) is 2.64. The average molecular weight is 272 g/mol. The van der Waals surface area contributed by atoms with Crippen LogP contribution in [0, 0.1) is 5.92 Å². The van der Waals surface area contributed by atoms with Crippen molar-refractivity contribution in [3.05, 3.63) is 22.7 Å². The molecule has 1 aromatic carbocycles. The highest BCUT2D eigenvalue weighted by Gasteiger charge is 2.19. The highest BCUT2D eigenvalue weighted by Crippen LogP contribution is 2.35. The summed E-state index contributed by atoms with van der Waals surface area (Å²) in [5.41, 5.74) is 0.280. The summed E-state index contributed by atoms with van der Waals surface area (Å²) in [6.07, 6.45) is 0. The van der Waals surface area contributed by atoms with E-state index in [1.54, 1.807) is 13.8 Å². The Morgan fingerprint density at radius 2 is 2.00 bits per heavy atom. The number of anilines is 1. The van der Waals surface area contributed by atoms with Gasteiger partial charge >= 0.3 is 5.97 Å². The van der Waals surface area contributed by atoms with E-state index in [1.807, 2.05) is 0 Å². The minimum Gasteiger partial charge on any atom is -0.494 e. The molecule has 1 amide bonds. The van der Waals surface area contributed by atoms with Crippen molar-refractivity contribution >= 4 is 29.2 Å². The zero-order chi connectivity index (χ0) is 13.9. The van der Waals surface area contributed by atoms with Gasteiger partial charge in [-0.2, -0.15) is 0 Å². The number of carboxylic acid groups (broad SMARTS) is 1. The summed E-state index contributed by atoms with van der Waals surface area (Å²) in [5.74, 6) is -1.52. The minimum atomic E-state index is -1.14. The molecule has 0 aliphatic rings. The molecule has 0 aliphatic carbocycles. The second-order valence-corrected chi connectivity index (χ2v) is 4.33. The second-order valence-electron chi connectivity index (χ2n) is 3.96. The summed E-state index contributed by atoms with van der Waals surface area (Å²) in [6.45, 7) is 3.48. The number of carbonyl (C=O) groups excluding carboxylic acids is 1. The molecule has 0 heterocycles. The molecule has 0 fully saturated rings. The van der Waals surface area contributed by atoms with Crippen LogP contribution in [0.1, 0.15) is 24.2 Å². The summed E-state index contributed by atoms with van der Waals surface area (Å²) >= 11 is 6.00. The van der Waals surface area contributed by atoms with Gasteiger partial charge in [-0.05, 0) is 12.1 Å². The quantitative estimate of drug-likeness (QED) is 0.883. The number of hydrogen-bond acceptors (Lipinski definition) is 3. The number of hydrogen-bond donors (Lipinski definition) is 2. The zero-order valence-electron chi connectivity index (χ0n) is 10.3. The third kappa shape index (κ3) is 2.92. The summed E-state index contributed by atoms with van der Waals surface area (Å²) in [5, 5.41) is 11.6. The van der Waals surface area contributed by atoms with Crippen LogP contribution in [0.2, 0.25) is 5.02 Å². The third-order valence-corrected chi connectivity index (χ3v) is 2.69. The molecule has 5 nitrogen and oxygen atoms in total. The second kappa shape index (κ2) is 5.73. The van der Waals surface area contributed by atoms with E-state index in [4.69, 9.17) is 21.4 Å². The first-order chi connectivity index (χ1) is 8.38. The highest BCUT2D eigenvalue weighted by molar-refractivity contribution is 6.35. The lowest BCUT2D eigenvalue weighted by molar-refractivity contribution is -0.118. The molecule has 0 bridgehead atoms. The van der Waals surface area contributed by atoms with Gasteiger partial charge in [-0.3, -0.25) is 4.79 Å². The van der Waals surface area contributed by atoms with E-state index in [0.717, 1.165) is 0 Å². The number of carbonyl (C=O) groups is 2. The largest absolute Gasteiger partial charge is 0.494 e. The number of carboxylic acids is 1. The van der Waals surface area contributed by atoms with Crippen LogP contribution in [0.5, 0.6) is 5.75 Å². The fourth-order valence-corrected chi connectivity index (χ4v) is 1.59. The first kappa shape index (κ1) is 14.3. The Bertz CT molecular complexity index is 485. The fourth-order valence-electron chi connectivity index (χ4n) is 1.30. The number of amides is 1. The van der Waals surface area contributed by atoms with Crippen LogP contribution in [0.3, 0.4) is 0 Å². The Hall–Kier alpha value is -1.75. The van der Waals surface area contributed by atoms with Crippen molar-refractivity contribution in [1.82, 2.24) is 0 Å². The van der Waals surface area contributed by atoms with Crippen molar-refractivity contribution in [3.8, 4) is 5.75 Å². The van der Waals surface area contributed by atoms with Gasteiger partial charge in [0.2, 0.25) is 5.91 Å². The van der Waals surface area contributed by atoms with Crippen LogP contribution in [-0.2, 0) is 4.79 Å². The number of nitrogens with one attached hydrogen (secondary N) is 1. The molecule has 98 valence electrons. The predicted molar refractivity (Wildman–Crippen MR) is 68.4 cm³/mol. The van der Waals surface area contributed by atoms with Crippen LogP contribution < -0.4 is 10.1 Å². The molecule has 0 unspecified atom stereocenters. The average Bonchev–Trinajstić information content (AvgIpc) is 2.30. The first-order valence-corrected chi connectivity index (χ1v) is 5.67. The van der Waals surface area contributed by atoms with Gasteiger partial charge in [0.25, 0.3) is 0 Å². The van der Waals surface area contributed by atoms with Gasteiger partial charge in [0.1, 0.15) is 10.6 Å². The summed E-state index contributed by atoms with van der Waals surface area (Å²) in [4.78, 5) is 22.5. The van der Waals surface area contributed by atoms with E-state index in [-0.39, 0.29) is 28.2 Å². The Balaban J connectivity index is 3.17. The molecular formula is C12H14ClNO4. The molecular weight excluding hydrogens is 258 g/mol. The van der Waals surface area contributed by atoms with Crippen LogP contribution in [0.25, 0.3) is 0 Å². The Labute approximate surface area is 110 Å². The zero-order valence-corrected chi connectivity index (χ0v) is 11.0. The van der Waals surface area contributed by atoms with Crippen molar-refractivity contribution in [2.75, 3.05) is 12.4 Å². The molecule has 0 saturated carbocycles. The molecule has 0 atom stereocenters. The number of benzene rings is 1. The normalized spacial score (nSPS) is 10.3. The lowest BCUT2D eigenvalue weighted by atomic mass is 10.1. The van der Waals surface area contributed by atoms with Crippen LogP contribution in [0.15, 0.2) is 12.1 Å². The Kier molecular flexibility index (Phi) is 4.55. The summed E-state index contributed by atoms with van der Waals surface area (Å²) in [6, 6.07) is 2.78. The van der Waals surface area contributed by atoms with Crippen molar-refractivity contribution in [2.45, 2.75) is 13.8 Å². The molecule has 0 saturated heterocycles. The lowest BCUT2D eigenvalue weighted by Crippen LogP contribution is -2.18. The number of methoxy groups -OCH3 is 1. The molecule has 1 aromatic rings. The Morgan fingerprint density at radius 3 is 2.44 bits per heavy atom. The minimum absolute atomic E-state index is 0.0331. The van der Waals surface area contributed by atoms with Crippen LogP contribution in [-0.4, -0.2) is 24.1 Å². The molecule has 0 spiro atoms. The fraction of sp³-hybridized carbons (Fsp3) is 0.333. The van der Waals surface area contributed by atoms with E-state index in [9.17, 15) is 9.59 Å². The van der Waals surface area contributed by atoms with Gasteiger partial charge in [-0.1, -0.05) is 25.4 Å². The molecule has 6 heteroatoms. The van der Waals surface area contributed by atoms with E-state index < -0.39 is 5.97 Å². The smallest absolute Gasteiger partial charge is 0.339 e. The molecule has 0 aliphatic heterocycles. The standard InChI is InChI=1S/C12H14ClNO4/c1-6(2)11(15)14-8-5-4-7(12(16)17)10(18-3)9(8)13/h4-6H,1-3H3,(H,14,15)(H,16,17). The van der Waals surface area contributed by atoms with E-state index in [2.05, 4.69) is 5.32 Å². The number of halogens is 1. The van der Waals surface area contributed by atoms with E-state index in [0.29, 0.717) is 5.69 Å². The first-order valence-electron chi connectivity index (χ1n) is 5.29. The van der Waals surface area contributed by atoms with Gasteiger partial charge < -0.3 is 15.2 Å². The van der Waals surface area contributed by atoms with E-state index >= 15 is 0 Å². The number of ether oxygens (including phenoxy) is 1. The summed E-state index contributed by atoms with van der Waals surface area (Å²) in [7, 11) is 1.32. The van der Waals surface area contributed by atoms with Gasteiger partial charge in [0.15, 0.2) is 5.75 Å². The van der Waals surface area contributed by atoms with Gasteiger partial charge in [0.05, 0.1) is 12.8 Å². The Morgan fingerprint density at radius 1 is 1.39 bits per heavy atom. The number of aromatic carboxylic acids is 1. The SMILES string of the molecule is COc1c(C(=O)O)ccc(NC(=O)C(C)C)c1Cl. The highest BCUT2D eigenvalue weighted by atomic mass is 35.5. The molecule has 18 heavy (non-hydrogen) atoms. The van der Waals surface area contributed by atoms with Crippen LogP contribution in [0.4, 0.5) is 5.69 Å². The monoisotopic (exact) mass is 271 g/mol. The maximum atomic E-state index is 11.6. The maximum Gasteiger partial charge on any atom is 0.339 e. The van der Waals surface area contributed by atoms with Crippen LogP contribution >= 0.6 is 11.6 Å². The van der Waals surface area contributed by atoms with Crippen molar-refractivity contribution in [1.29, 1.82) is 0 Å². The lowest BCUT2D eigenvalue weighted by Gasteiger charge is -2.13. The van der Waals surface area contributed by atoms with Crippen molar-refractivity contribution < 1.29 is 19.4 Å². The molecule has 0 aromatic heterocycles. The van der Waals surface area contributed by atoms with Gasteiger partial charge in [0, 0.05) is 5.92 Å². The molecule has 2 N–H and O–H groups in total. The molecule has 0 radical (unpaired) electrons. The van der Waals surface area contributed by atoms with Crippen molar-refractivity contribution in [2.24, 2.45) is 5.92 Å².